The first-order valence-corrected chi connectivity index (χ1v) is 13.1. The standard InChI is InChI=1S/C26H21BrN2O6S/c1-3-18-6-4-5-7-22(18)29-25(31)20(24(30)28-26(29)32)14-17-10-13-23(21(27)15-17)35-36(33,34)19-11-8-16(2)9-12-19/h4-15H,3H2,1-2H3,(H,28,30,32)/b20-14-. The van der Waals surface area contributed by atoms with Crippen molar-refractivity contribution in [3.05, 3.63) is 93.5 Å². The zero-order valence-corrected chi connectivity index (χ0v) is 21.7. The van der Waals surface area contributed by atoms with E-state index in [1.807, 2.05) is 13.8 Å². The molecule has 1 N–H and O–H groups in total. The summed E-state index contributed by atoms with van der Waals surface area (Å²) in [6.07, 6.45) is 1.91. The molecule has 0 spiro atoms. The Morgan fingerprint density at radius 1 is 1.00 bits per heavy atom. The van der Waals surface area contributed by atoms with E-state index in [9.17, 15) is 22.8 Å². The minimum absolute atomic E-state index is 0.00721. The number of carbonyl (C=O) groups is 3. The third-order valence-electron chi connectivity index (χ3n) is 5.49. The van der Waals surface area contributed by atoms with Gasteiger partial charge in [-0.15, -0.1) is 0 Å². The summed E-state index contributed by atoms with van der Waals surface area (Å²) in [7, 11) is -4.07. The number of rotatable bonds is 6. The number of imide groups is 2. The van der Waals surface area contributed by atoms with Crippen molar-refractivity contribution >= 4 is 55.7 Å². The van der Waals surface area contributed by atoms with Gasteiger partial charge in [0.2, 0.25) is 0 Å². The Morgan fingerprint density at radius 3 is 2.36 bits per heavy atom. The molecule has 36 heavy (non-hydrogen) atoms. The van der Waals surface area contributed by atoms with Crippen LogP contribution in [0, 0.1) is 6.92 Å². The van der Waals surface area contributed by atoms with Crippen LogP contribution in [0.3, 0.4) is 0 Å². The van der Waals surface area contributed by atoms with E-state index in [4.69, 9.17) is 4.18 Å². The Hall–Kier alpha value is -3.76. The van der Waals surface area contributed by atoms with E-state index < -0.39 is 28.0 Å². The highest BCUT2D eigenvalue weighted by Crippen LogP contribution is 2.31. The smallest absolute Gasteiger partial charge is 0.339 e. The van der Waals surface area contributed by atoms with E-state index in [-0.39, 0.29) is 16.2 Å². The predicted octanol–water partition coefficient (Wildman–Crippen LogP) is 4.75. The van der Waals surface area contributed by atoms with Crippen LogP contribution in [0.1, 0.15) is 23.6 Å². The van der Waals surface area contributed by atoms with Gasteiger partial charge in [-0.1, -0.05) is 48.9 Å². The van der Waals surface area contributed by atoms with E-state index in [1.165, 1.54) is 36.4 Å². The fourth-order valence-electron chi connectivity index (χ4n) is 3.62. The molecule has 3 aromatic rings. The molecule has 1 saturated heterocycles. The lowest BCUT2D eigenvalue weighted by Gasteiger charge is -2.28. The summed E-state index contributed by atoms with van der Waals surface area (Å²) in [4.78, 5) is 39.2. The van der Waals surface area contributed by atoms with Gasteiger partial charge in [-0.3, -0.25) is 14.9 Å². The Labute approximate surface area is 216 Å². The van der Waals surface area contributed by atoms with Gasteiger partial charge in [-0.2, -0.15) is 8.42 Å². The largest absolute Gasteiger partial charge is 0.378 e. The molecule has 0 radical (unpaired) electrons. The lowest BCUT2D eigenvalue weighted by atomic mass is 10.0. The maximum absolute atomic E-state index is 13.2. The molecular weight excluding hydrogens is 548 g/mol. The first-order chi connectivity index (χ1) is 17.1. The summed E-state index contributed by atoms with van der Waals surface area (Å²) in [5.41, 5.74) is 2.25. The average molecular weight is 569 g/mol. The first-order valence-electron chi connectivity index (χ1n) is 10.9. The van der Waals surface area contributed by atoms with Crippen molar-refractivity contribution in [3.8, 4) is 5.75 Å². The van der Waals surface area contributed by atoms with Gasteiger partial charge in [0.05, 0.1) is 10.2 Å². The van der Waals surface area contributed by atoms with E-state index in [0.29, 0.717) is 22.1 Å². The summed E-state index contributed by atoms with van der Waals surface area (Å²) in [5.74, 6) is -1.55. The Bertz CT molecular complexity index is 1510. The second-order valence-corrected chi connectivity index (χ2v) is 10.4. The minimum atomic E-state index is -4.07. The molecule has 4 rings (SSSR count). The molecule has 0 unspecified atom stereocenters. The predicted molar refractivity (Wildman–Crippen MR) is 138 cm³/mol. The number of nitrogens with one attached hydrogen (secondary N) is 1. The summed E-state index contributed by atoms with van der Waals surface area (Å²) >= 11 is 3.29. The van der Waals surface area contributed by atoms with Gasteiger partial charge in [0.1, 0.15) is 10.5 Å². The molecule has 0 aromatic heterocycles. The topological polar surface area (TPSA) is 110 Å². The van der Waals surface area contributed by atoms with Crippen LogP contribution < -0.4 is 14.4 Å². The number of urea groups is 1. The number of benzene rings is 3. The number of carbonyl (C=O) groups excluding carboxylic acids is 3. The van der Waals surface area contributed by atoms with Gasteiger partial charge < -0.3 is 4.18 Å². The van der Waals surface area contributed by atoms with Crippen molar-refractivity contribution in [2.75, 3.05) is 4.90 Å². The molecule has 0 saturated carbocycles. The zero-order chi connectivity index (χ0) is 26.0. The molecular formula is C26H21BrN2O6S. The fraction of sp³-hybridized carbons (Fsp3) is 0.115. The van der Waals surface area contributed by atoms with Gasteiger partial charge in [0.15, 0.2) is 5.75 Å². The van der Waals surface area contributed by atoms with Crippen LogP contribution in [0.4, 0.5) is 10.5 Å². The molecule has 3 aromatic carbocycles. The van der Waals surface area contributed by atoms with Gasteiger partial charge in [0.25, 0.3) is 11.8 Å². The molecule has 0 aliphatic carbocycles. The third-order valence-corrected chi connectivity index (χ3v) is 7.36. The SMILES string of the molecule is CCc1ccccc1N1C(=O)NC(=O)/C(=C/c2ccc(OS(=O)(=O)c3ccc(C)cc3)c(Br)c2)C1=O. The van der Waals surface area contributed by atoms with Crippen molar-refractivity contribution in [3.63, 3.8) is 0 Å². The molecule has 0 bridgehead atoms. The van der Waals surface area contributed by atoms with Gasteiger partial charge in [0, 0.05) is 0 Å². The maximum atomic E-state index is 13.2. The van der Waals surface area contributed by atoms with Crippen molar-refractivity contribution in [2.24, 2.45) is 0 Å². The normalized spacial score (nSPS) is 15.2. The van der Waals surface area contributed by atoms with E-state index in [0.717, 1.165) is 16.0 Å². The van der Waals surface area contributed by atoms with Gasteiger partial charge in [-0.05, 0) is 76.8 Å². The van der Waals surface area contributed by atoms with Crippen LogP contribution in [0.15, 0.2) is 81.7 Å². The van der Waals surface area contributed by atoms with E-state index in [1.54, 1.807) is 36.4 Å². The quantitative estimate of drug-likeness (QED) is 0.261. The molecule has 10 heteroatoms. The number of amides is 4. The summed E-state index contributed by atoms with van der Waals surface area (Å²) in [5, 5.41) is 2.20. The van der Waals surface area contributed by atoms with Crippen LogP contribution in [-0.2, 0) is 26.1 Å². The average Bonchev–Trinajstić information content (AvgIpc) is 2.84. The number of para-hydroxylation sites is 1. The van der Waals surface area contributed by atoms with Crippen molar-refractivity contribution < 1.29 is 27.0 Å². The van der Waals surface area contributed by atoms with Crippen molar-refractivity contribution in [2.45, 2.75) is 25.2 Å². The molecule has 1 aliphatic rings. The van der Waals surface area contributed by atoms with Crippen LogP contribution in [0.25, 0.3) is 6.08 Å². The lowest BCUT2D eigenvalue weighted by molar-refractivity contribution is -0.122. The van der Waals surface area contributed by atoms with E-state index >= 15 is 0 Å². The molecule has 4 amide bonds. The minimum Gasteiger partial charge on any atom is -0.378 e. The van der Waals surface area contributed by atoms with Crippen LogP contribution in [-0.4, -0.2) is 26.3 Å². The van der Waals surface area contributed by atoms with Gasteiger partial charge >= 0.3 is 16.1 Å². The number of hydrogen-bond donors (Lipinski definition) is 1. The number of hydrogen-bond acceptors (Lipinski definition) is 6. The summed E-state index contributed by atoms with van der Waals surface area (Å²) < 4.78 is 30.8. The third kappa shape index (κ3) is 5.09. The molecule has 8 nitrogen and oxygen atoms in total. The molecule has 1 fully saturated rings. The van der Waals surface area contributed by atoms with E-state index in [2.05, 4.69) is 21.2 Å². The molecule has 184 valence electrons. The Morgan fingerprint density at radius 2 is 1.69 bits per heavy atom. The molecule has 0 atom stereocenters. The highest BCUT2D eigenvalue weighted by molar-refractivity contribution is 9.10. The van der Waals surface area contributed by atoms with Crippen LogP contribution in [0.5, 0.6) is 5.75 Å². The Balaban J connectivity index is 1.63. The molecule has 1 heterocycles. The van der Waals surface area contributed by atoms with Crippen LogP contribution in [0.2, 0.25) is 0 Å². The van der Waals surface area contributed by atoms with Crippen molar-refractivity contribution in [1.29, 1.82) is 0 Å². The maximum Gasteiger partial charge on any atom is 0.339 e. The van der Waals surface area contributed by atoms with Crippen molar-refractivity contribution in [1.82, 2.24) is 5.32 Å². The number of anilines is 1. The highest BCUT2D eigenvalue weighted by Gasteiger charge is 2.37. The number of nitrogens with zero attached hydrogens (tertiary/aromatic N) is 1. The summed E-state index contributed by atoms with van der Waals surface area (Å²) in [6, 6.07) is 16.8. The second-order valence-electron chi connectivity index (χ2n) is 7.98. The van der Waals surface area contributed by atoms with Crippen LogP contribution >= 0.6 is 15.9 Å². The van der Waals surface area contributed by atoms with Gasteiger partial charge in [-0.25, -0.2) is 9.69 Å². The number of halogens is 1. The summed E-state index contributed by atoms with van der Waals surface area (Å²) in [6.45, 7) is 3.74. The highest BCUT2D eigenvalue weighted by atomic mass is 79.9. The monoisotopic (exact) mass is 568 g/mol. The first kappa shape index (κ1) is 25.3. The zero-order valence-electron chi connectivity index (χ0n) is 19.3. The Kier molecular flexibility index (Phi) is 7.09. The lowest BCUT2D eigenvalue weighted by Crippen LogP contribution is -2.54. The number of aryl methyl sites for hydroxylation is 2. The number of barbiturate groups is 1. The fourth-order valence-corrected chi connectivity index (χ4v) is 5.15. The molecule has 1 aliphatic heterocycles. The second kappa shape index (κ2) is 10.1.